The molecule has 0 aromatic carbocycles. The number of rotatable bonds is 6. The first-order valence-corrected chi connectivity index (χ1v) is 6.80. The number of carbonyl (C=O) groups excluding carboxylic acids is 2. The Morgan fingerprint density at radius 1 is 1.22 bits per heavy atom. The molecule has 8 heteroatoms. The van der Waals surface area contributed by atoms with Crippen LogP contribution in [0.4, 0.5) is 0 Å². The van der Waals surface area contributed by atoms with Gasteiger partial charge in [-0.3, -0.25) is 14.4 Å². The number of nitrogens with one attached hydrogen (secondary N) is 2. The molecule has 18 heavy (non-hydrogen) atoms. The lowest BCUT2D eigenvalue weighted by atomic mass is 10.3. The average Bonchev–Trinajstić information content (AvgIpc) is 2.36. The highest BCUT2D eigenvalue weighted by Crippen LogP contribution is 1.98. The summed E-state index contributed by atoms with van der Waals surface area (Å²) in [4.78, 5) is 34.9. The van der Waals surface area contributed by atoms with Crippen LogP contribution in [0.2, 0.25) is 0 Å². The average molecular weight is 275 g/mol. The molecule has 1 fully saturated rings. The number of carboxylic acid groups (broad SMARTS) is 1. The van der Waals surface area contributed by atoms with Gasteiger partial charge in [0.15, 0.2) is 0 Å². The van der Waals surface area contributed by atoms with E-state index in [1.165, 1.54) is 0 Å². The Balaban J connectivity index is 2.13. The molecule has 0 aromatic heterocycles. The fourth-order valence-electron chi connectivity index (χ4n) is 1.48. The van der Waals surface area contributed by atoms with Gasteiger partial charge in [-0.05, 0) is 0 Å². The molecule has 0 aromatic rings. The van der Waals surface area contributed by atoms with Gasteiger partial charge in [-0.2, -0.15) is 0 Å². The summed E-state index contributed by atoms with van der Waals surface area (Å²) >= 11 is 1.01. The molecular formula is C10H17N3O4S. The first-order chi connectivity index (χ1) is 8.59. The van der Waals surface area contributed by atoms with Gasteiger partial charge in [0.05, 0.1) is 18.1 Å². The Morgan fingerprint density at radius 2 is 1.89 bits per heavy atom. The monoisotopic (exact) mass is 275 g/mol. The molecule has 1 aliphatic heterocycles. The summed E-state index contributed by atoms with van der Waals surface area (Å²) in [5.74, 6) is -1.43. The van der Waals surface area contributed by atoms with Crippen molar-refractivity contribution in [3.63, 3.8) is 0 Å². The number of amides is 2. The van der Waals surface area contributed by atoms with Crippen molar-refractivity contribution in [1.82, 2.24) is 15.5 Å². The van der Waals surface area contributed by atoms with Crippen molar-refractivity contribution in [2.75, 3.05) is 44.2 Å². The van der Waals surface area contributed by atoms with Crippen LogP contribution in [0.15, 0.2) is 0 Å². The van der Waals surface area contributed by atoms with E-state index in [4.69, 9.17) is 5.11 Å². The molecule has 0 radical (unpaired) electrons. The molecule has 7 nitrogen and oxygen atoms in total. The number of piperazine rings is 1. The summed E-state index contributed by atoms with van der Waals surface area (Å²) in [6.07, 6.45) is 0. The first kappa shape index (κ1) is 14.8. The molecule has 0 aliphatic carbocycles. The normalized spacial score (nSPS) is 15.2. The summed E-state index contributed by atoms with van der Waals surface area (Å²) in [5, 5.41) is 14.0. The number of carbonyl (C=O) groups is 3. The van der Waals surface area contributed by atoms with Crippen LogP contribution in [0.25, 0.3) is 0 Å². The van der Waals surface area contributed by atoms with Crippen LogP contribution in [0.3, 0.4) is 0 Å². The summed E-state index contributed by atoms with van der Waals surface area (Å²) in [6, 6.07) is 0. The fourth-order valence-corrected chi connectivity index (χ4v) is 2.05. The summed E-state index contributed by atoms with van der Waals surface area (Å²) in [6.45, 7) is 2.83. The highest BCUT2D eigenvalue weighted by atomic mass is 32.2. The Hall–Kier alpha value is -1.28. The third-order valence-electron chi connectivity index (χ3n) is 2.37. The van der Waals surface area contributed by atoms with Gasteiger partial charge >= 0.3 is 5.97 Å². The summed E-state index contributed by atoms with van der Waals surface area (Å²) in [7, 11) is 0. The second-order valence-corrected chi connectivity index (χ2v) is 4.78. The number of aliphatic carboxylic acids is 1. The zero-order valence-electron chi connectivity index (χ0n) is 9.98. The van der Waals surface area contributed by atoms with Crippen LogP contribution in [0, 0.1) is 0 Å². The lowest BCUT2D eigenvalue weighted by molar-refractivity contribution is -0.134. The zero-order chi connectivity index (χ0) is 13.4. The van der Waals surface area contributed by atoms with Gasteiger partial charge < -0.3 is 20.6 Å². The van der Waals surface area contributed by atoms with E-state index in [0.29, 0.717) is 13.1 Å². The van der Waals surface area contributed by atoms with Gasteiger partial charge in [0.25, 0.3) is 0 Å². The second kappa shape index (κ2) is 7.93. The van der Waals surface area contributed by atoms with E-state index in [2.05, 4.69) is 10.6 Å². The molecule has 0 atom stereocenters. The molecule has 0 spiro atoms. The van der Waals surface area contributed by atoms with Gasteiger partial charge in [0, 0.05) is 26.2 Å². The maximum atomic E-state index is 11.7. The lowest BCUT2D eigenvalue weighted by Gasteiger charge is -2.27. The standard InChI is InChI=1S/C10H17N3O4S/c14-8(6-18-7-10(16)17)12-5-9(15)13-3-1-11-2-4-13/h11H,1-7H2,(H,12,14)(H,16,17). The molecule has 0 saturated carbocycles. The fraction of sp³-hybridized carbons (Fsp3) is 0.700. The topological polar surface area (TPSA) is 98.7 Å². The zero-order valence-corrected chi connectivity index (χ0v) is 10.8. The number of thioether (sulfide) groups is 1. The molecule has 2 amide bonds. The van der Waals surface area contributed by atoms with Crippen LogP contribution < -0.4 is 10.6 Å². The second-order valence-electron chi connectivity index (χ2n) is 3.79. The van der Waals surface area contributed by atoms with E-state index in [0.717, 1.165) is 24.9 Å². The molecule has 1 aliphatic rings. The largest absolute Gasteiger partial charge is 0.481 e. The van der Waals surface area contributed by atoms with Crippen molar-refractivity contribution < 1.29 is 19.5 Å². The summed E-state index contributed by atoms with van der Waals surface area (Å²) < 4.78 is 0. The molecule has 102 valence electrons. The molecule has 3 N–H and O–H groups in total. The van der Waals surface area contributed by atoms with Gasteiger partial charge in [-0.1, -0.05) is 0 Å². The van der Waals surface area contributed by atoms with Gasteiger partial charge in [0.1, 0.15) is 0 Å². The Bertz CT molecular complexity index is 318. The predicted octanol–water partition coefficient (Wildman–Crippen LogP) is -1.65. The Kier molecular flexibility index (Phi) is 6.51. The molecule has 0 unspecified atom stereocenters. The van der Waals surface area contributed by atoms with E-state index >= 15 is 0 Å². The van der Waals surface area contributed by atoms with Crippen LogP contribution in [0.5, 0.6) is 0 Å². The highest BCUT2D eigenvalue weighted by molar-refractivity contribution is 8.00. The quantitative estimate of drug-likeness (QED) is 0.537. The van der Waals surface area contributed by atoms with Gasteiger partial charge in [0.2, 0.25) is 11.8 Å². The van der Waals surface area contributed by atoms with Crippen molar-refractivity contribution in [1.29, 1.82) is 0 Å². The van der Waals surface area contributed by atoms with Crippen molar-refractivity contribution in [2.45, 2.75) is 0 Å². The smallest absolute Gasteiger partial charge is 0.313 e. The van der Waals surface area contributed by atoms with Crippen LogP contribution in [-0.2, 0) is 14.4 Å². The summed E-state index contributed by atoms with van der Waals surface area (Å²) in [5.41, 5.74) is 0. The maximum Gasteiger partial charge on any atom is 0.313 e. The van der Waals surface area contributed by atoms with Gasteiger partial charge in [-0.15, -0.1) is 11.8 Å². The number of hydrogen-bond donors (Lipinski definition) is 3. The molecule has 1 saturated heterocycles. The minimum atomic E-state index is -0.954. The Morgan fingerprint density at radius 3 is 2.50 bits per heavy atom. The van der Waals surface area contributed by atoms with E-state index in [-0.39, 0.29) is 29.9 Å². The van der Waals surface area contributed by atoms with Crippen LogP contribution in [-0.4, -0.2) is 72.0 Å². The van der Waals surface area contributed by atoms with Crippen molar-refractivity contribution in [2.24, 2.45) is 0 Å². The number of nitrogens with zero attached hydrogens (tertiary/aromatic N) is 1. The minimum Gasteiger partial charge on any atom is -0.481 e. The number of hydrogen-bond acceptors (Lipinski definition) is 5. The van der Waals surface area contributed by atoms with E-state index in [1.807, 2.05) is 0 Å². The SMILES string of the molecule is O=C(O)CSCC(=O)NCC(=O)N1CCNCC1. The first-order valence-electron chi connectivity index (χ1n) is 5.64. The Labute approximate surface area is 109 Å². The maximum absolute atomic E-state index is 11.7. The molecule has 1 heterocycles. The van der Waals surface area contributed by atoms with Crippen LogP contribution >= 0.6 is 11.8 Å². The van der Waals surface area contributed by atoms with Crippen molar-refractivity contribution in [3.05, 3.63) is 0 Å². The molecular weight excluding hydrogens is 258 g/mol. The van der Waals surface area contributed by atoms with Gasteiger partial charge in [-0.25, -0.2) is 0 Å². The molecule has 0 bridgehead atoms. The van der Waals surface area contributed by atoms with Crippen LogP contribution in [0.1, 0.15) is 0 Å². The third kappa shape index (κ3) is 5.87. The lowest BCUT2D eigenvalue weighted by Crippen LogP contribution is -2.49. The van der Waals surface area contributed by atoms with Crippen molar-refractivity contribution in [3.8, 4) is 0 Å². The van der Waals surface area contributed by atoms with E-state index in [9.17, 15) is 14.4 Å². The van der Waals surface area contributed by atoms with Crippen molar-refractivity contribution >= 4 is 29.5 Å². The number of carboxylic acids is 1. The highest BCUT2D eigenvalue weighted by Gasteiger charge is 2.16. The minimum absolute atomic E-state index is 0.0214. The van der Waals surface area contributed by atoms with E-state index < -0.39 is 5.97 Å². The molecule has 1 rings (SSSR count). The predicted molar refractivity (Wildman–Crippen MR) is 67.4 cm³/mol. The van der Waals surface area contributed by atoms with E-state index in [1.54, 1.807) is 4.90 Å². The third-order valence-corrected chi connectivity index (χ3v) is 3.28.